The van der Waals surface area contributed by atoms with Crippen LogP contribution in [0.25, 0.3) is 0 Å². The van der Waals surface area contributed by atoms with Gasteiger partial charge in [0, 0.05) is 44.6 Å². The van der Waals surface area contributed by atoms with Gasteiger partial charge in [-0.25, -0.2) is 0 Å². The van der Waals surface area contributed by atoms with Crippen LogP contribution in [-0.4, -0.2) is 64.4 Å². The van der Waals surface area contributed by atoms with Crippen LogP contribution in [0.1, 0.15) is 44.1 Å². The van der Waals surface area contributed by atoms with Gasteiger partial charge in [-0.2, -0.15) is 0 Å². The molecule has 0 radical (unpaired) electrons. The molecule has 0 bridgehead atoms. The summed E-state index contributed by atoms with van der Waals surface area (Å²) >= 11 is 0. The lowest BCUT2D eigenvalue weighted by Gasteiger charge is -2.42. The molecule has 4 rings (SSSR count). The van der Waals surface area contributed by atoms with Crippen LogP contribution in [0.5, 0.6) is 0 Å². The number of pyridine rings is 1. The van der Waals surface area contributed by atoms with E-state index in [0.29, 0.717) is 12.6 Å². The number of likely N-dealkylation sites (tertiary alicyclic amines) is 2. The van der Waals surface area contributed by atoms with Gasteiger partial charge in [-0.3, -0.25) is 19.5 Å². The number of rotatable bonds is 5. The first-order valence-electron chi connectivity index (χ1n) is 10.5. The number of hydrogen-bond acceptors (Lipinski definition) is 5. The Morgan fingerprint density at radius 1 is 1.21 bits per heavy atom. The van der Waals surface area contributed by atoms with Crippen LogP contribution in [0.15, 0.2) is 24.5 Å². The van der Waals surface area contributed by atoms with E-state index >= 15 is 0 Å². The molecular formula is C21H31N5O2. The smallest absolute Gasteiger partial charge is 0.242 e. The molecule has 3 N–H and O–H groups in total. The van der Waals surface area contributed by atoms with Gasteiger partial charge >= 0.3 is 0 Å². The second kappa shape index (κ2) is 8.17. The summed E-state index contributed by atoms with van der Waals surface area (Å²) in [5.41, 5.74) is 6.53. The van der Waals surface area contributed by atoms with Crippen molar-refractivity contribution in [3.8, 4) is 0 Å². The minimum absolute atomic E-state index is 0.0452. The number of aromatic nitrogens is 1. The largest absolute Gasteiger partial charge is 0.352 e. The average molecular weight is 386 g/mol. The van der Waals surface area contributed by atoms with Crippen molar-refractivity contribution in [1.82, 2.24) is 20.1 Å². The molecule has 1 atom stereocenters. The molecule has 2 amide bonds. The molecule has 0 spiro atoms. The lowest BCUT2D eigenvalue weighted by molar-refractivity contribution is -0.135. The summed E-state index contributed by atoms with van der Waals surface area (Å²) in [6.45, 7) is 3.97. The number of carbonyl (C=O) groups excluding carboxylic acids is 2. The molecule has 0 unspecified atom stereocenters. The quantitative estimate of drug-likeness (QED) is 0.786. The van der Waals surface area contributed by atoms with Crippen LogP contribution >= 0.6 is 0 Å². The maximum absolute atomic E-state index is 12.6. The van der Waals surface area contributed by atoms with E-state index in [4.69, 9.17) is 5.73 Å². The highest BCUT2D eigenvalue weighted by Gasteiger charge is 2.48. The maximum Gasteiger partial charge on any atom is 0.242 e. The van der Waals surface area contributed by atoms with Crippen molar-refractivity contribution in [2.45, 2.75) is 56.7 Å². The third-order valence-electron chi connectivity index (χ3n) is 6.50. The van der Waals surface area contributed by atoms with Crippen molar-refractivity contribution in [1.29, 1.82) is 0 Å². The van der Waals surface area contributed by atoms with Crippen molar-refractivity contribution >= 4 is 11.8 Å². The van der Waals surface area contributed by atoms with Gasteiger partial charge in [-0.05, 0) is 56.7 Å². The summed E-state index contributed by atoms with van der Waals surface area (Å²) < 4.78 is 0. The molecule has 3 fully saturated rings. The highest BCUT2D eigenvalue weighted by Crippen LogP contribution is 2.35. The number of nitrogens with zero attached hydrogens (tertiary/aromatic N) is 3. The van der Waals surface area contributed by atoms with Crippen molar-refractivity contribution in [2.75, 3.05) is 26.2 Å². The number of carbonyl (C=O) groups is 2. The molecule has 2 aliphatic heterocycles. The van der Waals surface area contributed by atoms with Crippen LogP contribution in [0.4, 0.5) is 0 Å². The predicted molar refractivity (Wildman–Crippen MR) is 106 cm³/mol. The molecule has 3 heterocycles. The summed E-state index contributed by atoms with van der Waals surface area (Å²) in [5.74, 6) is 0.320. The first-order valence-corrected chi connectivity index (χ1v) is 10.5. The van der Waals surface area contributed by atoms with E-state index in [1.165, 1.54) is 0 Å². The Bertz CT molecular complexity index is 698. The van der Waals surface area contributed by atoms with Gasteiger partial charge in [-0.15, -0.1) is 0 Å². The third-order valence-corrected chi connectivity index (χ3v) is 6.50. The summed E-state index contributed by atoms with van der Waals surface area (Å²) in [7, 11) is 0. The minimum Gasteiger partial charge on any atom is -0.352 e. The van der Waals surface area contributed by atoms with Gasteiger partial charge in [0.15, 0.2) is 0 Å². The molecule has 7 heteroatoms. The highest BCUT2D eigenvalue weighted by molar-refractivity contribution is 5.89. The Labute approximate surface area is 166 Å². The molecule has 0 aromatic carbocycles. The van der Waals surface area contributed by atoms with Gasteiger partial charge < -0.3 is 16.0 Å². The molecule has 1 aliphatic carbocycles. The van der Waals surface area contributed by atoms with E-state index in [1.807, 2.05) is 17.0 Å². The summed E-state index contributed by atoms with van der Waals surface area (Å²) in [6.07, 6.45) is 9.13. The number of nitrogens with two attached hydrogens (primary N) is 1. The van der Waals surface area contributed by atoms with E-state index in [1.54, 1.807) is 12.4 Å². The molecule has 28 heavy (non-hydrogen) atoms. The number of amides is 2. The fraction of sp³-hybridized carbons (Fsp3) is 0.667. The first-order chi connectivity index (χ1) is 13.5. The zero-order chi connectivity index (χ0) is 19.6. The van der Waals surface area contributed by atoms with Gasteiger partial charge in [0.1, 0.15) is 0 Å². The molecule has 152 valence electrons. The number of piperidine rings is 2. The minimum atomic E-state index is -0.560. The first kappa shape index (κ1) is 19.3. The van der Waals surface area contributed by atoms with E-state index in [2.05, 4.69) is 15.2 Å². The van der Waals surface area contributed by atoms with Crippen LogP contribution < -0.4 is 11.1 Å². The average Bonchev–Trinajstić information content (AvgIpc) is 3.51. The second-order valence-electron chi connectivity index (χ2n) is 8.59. The zero-order valence-corrected chi connectivity index (χ0v) is 16.5. The van der Waals surface area contributed by atoms with Crippen LogP contribution in [0.2, 0.25) is 0 Å². The molecule has 3 aliphatic rings. The Morgan fingerprint density at radius 3 is 2.68 bits per heavy atom. The lowest BCUT2D eigenvalue weighted by Crippen LogP contribution is -2.54. The Hall–Kier alpha value is -1.99. The van der Waals surface area contributed by atoms with Crippen LogP contribution in [0, 0.1) is 5.92 Å². The van der Waals surface area contributed by atoms with E-state index in [9.17, 15) is 9.59 Å². The van der Waals surface area contributed by atoms with Gasteiger partial charge in [0.2, 0.25) is 11.8 Å². The fourth-order valence-corrected chi connectivity index (χ4v) is 4.49. The summed E-state index contributed by atoms with van der Waals surface area (Å²) in [5, 5.41) is 3.07. The SMILES string of the molecule is NC1(C(=O)N2CCC(N3CCC[C@@H](C(=O)NCc4cccnc4)C3)CC2)CC1. The van der Waals surface area contributed by atoms with E-state index < -0.39 is 5.54 Å². The number of nitrogens with one attached hydrogen (secondary N) is 1. The van der Waals surface area contributed by atoms with Gasteiger partial charge in [0.05, 0.1) is 11.5 Å². The monoisotopic (exact) mass is 385 g/mol. The Morgan fingerprint density at radius 2 is 2.00 bits per heavy atom. The number of hydrogen-bond donors (Lipinski definition) is 2. The van der Waals surface area contributed by atoms with Crippen molar-refractivity contribution in [2.24, 2.45) is 11.7 Å². The summed E-state index contributed by atoms with van der Waals surface area (Å²) in [6, 6.07) is 4.32. The topological polar surface area (TPSA) is 91.6 Å². The zero-order valence-electron chi connectivity index (χ0n) is 16.5. The van der Waals surface area contributed by atoms with E-state index in [0.717, 1.165) is 70.3 Å². The molecule has 1 saturated carbocycles. The molecule has 1 aromatic rings. The normalized spacial score (nSPS) is 25.3. The maximum atomic E-state index is 12.6. The van der Waals surface area contributed by atoms with Crippen LogP contribution in [0.3, 0.4) is 0 Å². The third kappa shape index (κ3) is 4.36. The fourth-order valence-electron chi connectivity index (χ4n) is 4.49. The molecule has 1 aromatic heterocycles. The predicted octanol–water partition coefficient (Wildman–Crippen LogP) is 0.892. The highest BCUT2D eigenvalue weighted by atomic mass is 16.2. The molecular weight excluding hydrogens is 354 g/mol. The van der Waals surface area contributed by atoms with Crippen molar-refractivity contribution < 1.29 is 9.59 Å². The van der Waals surface area contributed by atoms with E-state index in [-0.39, 0.29) is 17.7 Å². The molecule has 7 nitrogen and oxygen atoms in total. The van der Waals surface area contributed by atoms with Gasteiger partial charge in [0.25, 0.3) is 0 Å². The summed E-state index contributed by atoms with van der Waals surface area (Å²) in [4.78, 5) is 33.6. The van der Waals surface area contributed by atoms with Crippen molar-refractivity contribution in [3.63, 3.8) is 0 Å². The molecule has 2 saturated heterocycles. The Balaban J connectivity index is 1.25. The Kier molecular flexibility index (Phi) is 5.64. The lowest BCUT2D eigenvalue weighted by atomic mass is 9.93. The van der Waals surface area contributed by atoms with Crippen molar-refractivity contribution in [3.05, 3.63) is 30.1 Å². The van der Waals surface area contributed by atoms with Gasteiger partial charge in [-0.1, -0.05) is 6.07 Å². The standard InChI is InChI=1S/C21H31N5O2/c22-21(7-8-21)20(28)25-11-5-18(6-12-25)26-10-2-4-17(15-26)19(27)24-14-16-3-1-9-23-13-16/h1,3,9,13,17-18H,2,4-8,10-12,14-15,22H2,(H,24,27)/t17-/m1/s1. The second-order valence-corrected chi connectivity index (χ2v) is 8.59. The van der Waals surface area contributed by atoms with Crippen LogP contribution in [-0.2, 0) is 16.1 Å².